The van der Waals surface area contributed by atoms with Gasteiger partial charge in [0.1, 0.15) is 49.2 Å². The van der Waals surface area contributed by atoms with Crippen LogP contribution in [0, 0.1) is 63.0 Å². The molecule has 0 unspecified atom stereocenters. The van der Waals surface area contributed by atoms with Crippen LogP contribution in [-0.2, 0) is 55.1 Å². The molecule has 0 atom stereocenters. The van der Waals surface area contributed by atoms with Gasteiger partial charge in [-0.15, -0.1) is 0 Å². The first-order valence-corrected chi connectivity index (χ1v) is 23.8. The van der Waals surface area contributed by atoms with Crippen molar-refractivity contribution in [2.24, 2.45) is 0 Å². The molecule has 4 aromatic carbocycles. The van der Waals surface area contributed by atoms with Gasteiger partial charge in [-0.3, -0.25) is 0 Å². The molecule has 0 bridgehead atoms. The van der Waals surface area contributed by atoms with Gasteiger partial charge in [-0.1, -0.05) is 127 Å². The lowest BCUT2D eigenvalue weighted by molar-refractivity contribution is -0.143. The Bertz CT molecular complexity index is 2250. The minimum absolute atomic E-state index is 0.152. The molecule has 0 radical (unpaired) electrons. The minimum atomic E-state index is -5.51. The van der Waals surface area contributed by atoms with Crippen LogP contribution in [-0.4, -0.2) is 26.4 Å². The summed E-state index contributed by atoms with van der Waals surface area (Å²) in [7, 11) is 7.38. The molecule has 2 aliphatic heterocycles. The highest BCUT2D eigenvalue weighted by molar-refractivity contribution is 5.38. The lowest BCUT2D eigenvalue weighted by Gasteiger charge is -2.22. The zero-order valence-electron chi connectivity index (χ0n) is 45.3. The van der Waals surface area contributed by atoms with Gasteiger partial charge in [-0.25, -0.2) is 26.3 Å². The van der Waals surface area contributed by atoms with E-state index in [0.717, 1.165) is 43.6 Å². The number of halogens is 18. The number of rotatable bonds is 0. The van der Waals surface area contributed by atoms with Crippen LogP contribution in [0.15, 0.2) is 48.5 Å². The number of hydrogen-bond donors (Lipinski definition) is 0. The zero-order chi connectivity index (χ0) is 59.7. The van der Waals surface area contributed by atoms with E-state index in [2.05, 4.69) is 23.0 Å². The van der Waals surface area contributed by atoms with Crippen molar-refractivity contribution in [3.05, 3.63) is 153 Å². The molecule has 20 heteroatoms. The number of alkyl halides is 12. The van der Waals surface area contributed by atoms with Gasteiger partial charge in [0.15, 0.2) is 23.3 Å². The van der Waals surface area contributed by atoms with Gasteiger partial charge in [0.05, 0.1) is 11.1 Å². The second-order valence-corrected chi connectivity index (χ2v) is 22.4. The summed E-state index contributed by atoms with van der Waals surface area (Å²) in [6.45, 7) is 27.6. The van der Waals surface area contributed by atoms with E-state index >= 15 is 0 Å². The zero-order valence-corrected chi connectivity index (χ0v) is 45.3. The van der Waals surface area contributed by atoms with Crippen molar-refractivity contribution in [2.75, 3.05) is 26.4 Å². The molecule has 76 heavy (non-hydrogen) atoms. The number of hydrogen-bond acceptors (Lipinski definition) is 0. The molecular formula is C56H70F18O2. The van der Waals surface area contributed by atoms with Crippen LogP contribution in [0.3, 0.4) is 0 Å². The van der Waals surface area contributed by atoms with E-state index in [1.807, 2.05) is 41.5 Å². The highest BCUT2D eigenvalue weighted by atomic mass is 19.4. The summed E-state index contributed by atoms with van der Waals surface area (Å²) in [6.07, 6.45) is -13.8. The molecule has 4 aromatic rings. The van der Waals surface area contributed by atoms with Crippen LogP contribution in [0.25, 0.3) is 0 Å². The van der Waals surface area contributed by atoms with E-state index in [1.54, 1.807) is 46.8 Å². The predicted molar refractivity (Wildman–Crippen MR) is 261 cm³/mol. The first-order valence-electron chi connectivity index (χ1n) is 23.8. The quantitative estimate of drug-likeness (QED) is 0.0716. The van der Waals surface area contributed by atoms with Crippen molar-refractivity contribution < 1.29 is 87.8 Å². The molecule has 2 aliphatic rings. The normalized spacial score (nSPS) is 15.0. The lowest BCUT2D eigenvalue weighted by Crippen LogP contribution is -2.23. The summed E-state index contributed by atoms with van der Waals surface area (Å²) in [6, 6.07) is 10.1. The van der Waals surface area contributed by atoms with Gasteiger partial charge in [0.2, 0.25) is 0 Å². The average Bonchev–Trinajstić information content (AvgIpc) is 3.91. The molecule has 0 spiro atoms. The molecule has 0 aromatic heterocycles. The van der Waals surface area contributed by atoms with E-state index in [1.165, 1.54) is 70.7 Å². The molecule has 2 fully saturated rings. The summed E-state index contributed by atoms with van der Waals surface area (Å²) in [5.74, 6) is -12.0. The fraction of sp³-hybridized carbons (Fsp3) is 0.536. The number of aryl methyl sites for hydroxylation is 2. The highest BCUT2D eigenvalue weighted by Crippen LogP contribution is 2.41. The van der Waals surface area contributed by atoms with Crippen LogP contribution < -0.4 is 0 Å². The van der Waals surface area contributed by atoms with Crippen LogP contribution in [0.2, 0.25) is 0 Å². The lowest BCUT2D eigenvalue weighted by atomic mass is 9.85. The van der Waals surface area contributed by atoms with E-state index in [-0.39, 0.29) is 16.4 Å². The smallest absolute Gasteiger partial charge is 0.422 e. The van der Waals surface area contributed by atoms with Gasteiger partial charge in [-0.05, 0) is 82.5 Å². The third-order valence-corrected chi connectivity index (χ3v) is 11.3. The molecule has 432 valence electrons. The van der Waals surface area contributed by atoms with Crippen LogP contribution in [0.5, 0.6) is 0 Å². The maximum absolute atomic E-state index is 13.6. The van der Waals surface area contributed by atoms with E-state index < -0.39 is 98.3 Å². The fourth-order valence-corrected chi connectivity index (χ4v) is 7.12. The molecule has 2 nitrogen and oxygen atoms in total. The monoisotopic (exact) mass is 1120 g/mol. The second kappa shape index (κ2) is 26.5. The molecule has 0 amide bonds. The first-order chi connectivity index (χ1) is 33.9. The summed E-state index contributed by atoms with van der Waals surface area (Å²) < 4.78 is 235. The molecule has 0 N–H and O–H groups in total. The Labute approximate surface area is 435 Å². The van der Waals surface area contributed by atoms with E-state index in [0.29, 0.717) is 17.2 Å². The SMILES string of the molecule is CC(C)(C)c1c(F)c(F)c(C(F)(F)F)c(F)c1F.CC(C)(C)c1ccc(F)c(C(F)(F)F)c1F.Cc1cc(C(C)(C)C)cc(C(F)(F)F)c1.Cc1cc(C(C)(C)C)cc(C(F)(F)F)c1.[CH2-][O+]1CCCC1.[CH2-][O+]1CCCC1. The standard InChI is InChI=1S/2C12H15F3.C11H9F7.C11H11F5.2C5H10O/c2*1-8-5-9(11(2,3)4)7-10(6-8)12(13,14)15;1-10(2,3)4-6(12)8(14)5(11(16,17)18)9(15)7(4)13;1-10(2,3)6-4-5-7(12)8(9(6)13)11(14,15)16;2*1-6-4-2-3-5-6/h2*5-7H,1-4H3;1-3H3;4-5H,1-3H3;2*1-5H2. The fourth-order valence-electron chi connectivity index (χ4n) is 7.12. The molecule has 0 aliphatic carbocycles. The summed E-state index contributed by atoms with van der Waals surface area (Å²) >= 11 is 0. The van der Waals surface area contributed by atoms with Crippen molar-refractivity contribution in [1.82, 2.24) is 0 Å². The Kier molecular flexibility index (Phi) is 24.2. The average molecular weight is 1120 g/mol. The Morgan fingerprint density at radius 3 is 0.855 bits per heavy atom. The first kappa shape index (κ1) is 69.6. The molecular weight excluding hydrogens is 1050 g/mol. The largest absolute Gasteiger partial charge is 0.570 e. The van der Waals surface area contributed by atoms with Gasteiger partial charge in [0.25, 0.3) is 0 Å². The topological polar surface area (TPSA) is 5.40 Å². The summed E-state index contributed by atoms with van der Waals surface area (Å²) in [5, 5.41) is 0. The highest BCUT2D eigenvalue weighted by Gasteiger charge is 2.44. The Hall–Kier alpha value is -4.46. The van der Waals surface area contributed by atoms with Crippen molar-refractivity contribution in [3.63, 3.8) is 0 Å². The van der Waals surface area contributed by atoms with Gasteiger partial charge in [-0.2, -0.15) is 52.7 Å². The maximum Gasteiger partial charge on any atom is 0.422 e. The van der Waals surface area contributed by atoms with Crippen molar-refractivity contribution >= 4 is 0 Å². The second-order valence-electron chi connectivity index (χ2n) is 22.4. The van der Waals surface area contributed by atoms with Gasteiger partial charge in [0, 0.05) is 31.2 Å². The van der Waals surface area contributed by atoms with Crippen molar-refractivity contribution in [3.8, 4) is 0 Å². The predicted octanol–water partition coefficient (Wildman–Crippen LogP) is 19.7. The third-order valence-electron chi connectivity index (χ3n) is 11.3. The van der Waals surface area contributed by atoms with Crippen molar-refractivity contribution in [1.29, 1.82) is 0 Å². The van der Waals surface area contributed by atoms with Gasteiger partial charge >= 0.3 is 24.7 Å². The molecule has 6 rings (SSSR count). The molecule has 2 heterocycles. The summed E-state index contributed by atoms with van der Waals surface area (Å²) in [5.41, 5.74) is -6.67. The van der Waals surface area contributed by atoms with Crippen LogP contribution in [0.1, 0.15) is 164 Å². The maximum atomic E-state index is 13.6. The van der Waals surface area contributed by atoms with Crippen molar-refractivity contribution in [2.45, 2.75) is 169 Å². The number of benzene rings is 4. The molecule has 0 saturated carbocycles. The Morgan fingerprint density at radius 2 is 0.632 bits per heavy atom. The van der Waals surface area contributed by atoms with E-state index in [9.17, 15) is 79.0 Å². The minimum Gasteiger partial charge on any atom is -0.570 e. The third kappa shape index (κ3) is 21.8. The summed E-state index contributed by atoms with van der Waals surface area (Å²) in [4.78, 5) is 0. The van der Waals surface area contributed by atoms with E-state index in [4.69, 9.17) is 0 Å². The van der Waals surface area contributed by atoms with Crippen LogP contribution in [0.4, 0.5) is 79.0 Å². The van der Waals surface area contributed by atoms with Crippen LogP contribution >= 0.6 is 0 Å². The Balaban J connectivity index is 0.000000471. The Morgan fingerprint density at radius 1 is 0.342 bits per heavy atom. The molecule has 2 saturated heterocycles. The van der Waals surface area contributed by atoms with Gasteiger partial charge < -0.3 is 8.73 Å².